The number of carbonyl (C=O) groups excluding carboxylic acids is 1. The summed E-state index contributed by atoms with van der Waals surface area (Å²) < 4.78 is 5.46. The average molecular weight is 221 g/mol. The molecule has 1 aromatic carbocycles. The Morgan fingerprint density at radius 2 is 2.06 bits per heavy atom. The van der Waals surface area contributed by atoms with Gasteiger partial charge in [-0.25, -0.2) is 0 Å². The number of rotatable bonds is 7. The number of carbonyl (C=O) groups is 1. The fourth-order valence-corrected chi connectivity index (χ4v) is 1.34. The van der Waals surface area contributed by atoms with Crippen molar-refractivity contribution in [1.29, 1.82) is 0 Å². The van der Waals surface area contributed by atoms with E-state index >= 15 is 0 Å². The Bertz CT molecular complexity index is 309. The first-order valence-electron chi connectivity index (χ1n) is 5.60. The van der Waals surface area contributed by atoms with E-state index in [2.05, 4.69) is 0 Å². The fraction of sp³-hybridized carbons (Fsp3) is 0.462. The monoisotopic (exact) mass is 221 g/mol. The van der Waals surface area contributed by atoms with E-state index < -0.39 is 0 Å². The van der Waals surface area contributed by atoms with E-state index in [1.54, 1.807) is 6.92 Å². The van der Waals surface area contributed by atoms with Crippen molar-refractivity contribution in [2.45, 2.75) is 32.4 Å². The Hall–Kier alpha value is -1.19. The van der Waals surface area contributed by atoms with Gasteiger partial charge in [0.15, 0.2) is 0 Å². The van der Waals surface area contributed by atoms with Crippen LogP contribution >= 0.6 is 0 Å². The highest BCUT2D eigenvalue weighted by Crippen LogP contribution is 2.02. The van der Waals surface area contributed by atoms with Crippen molar-refractivity contribution in [3.05, 3.63) is 35.9 Å². The van der Waals surface area contributed by atoms with Crippen LogP contribution in [0.3, 0.4) is 0 Å². The van der Waals surface area contributed by atoms with Crippen molar-refractivity contribution < 1.29 is 9.53 Å². The Morgan fingerprint density at radius 1 is 1.38 bits per heavy atom. The number of hydrogen-bond acceptors (Lipinski definition) is 3. The molecule has 0 aliphatic heterocycles. The molecule has 0 aliphatic carbocycles. The third-order valence-corrected chi connectivity index (χ3v) is 2.33. The minimum Gasteiger partial charge on any atom is -0.377 e. The van der Waals surface area contributed by atoms with Gasteiger partial charge in [0.1, 0.15) is 5.78 Å². The van der Waals surface area contributed by atoms with Crippen molar-refractivity contribution >= 4 is 5.78 Å². The largest absolute Gasteiger partial charge is 0.377 e. The maximum Gasteiger partial charge on any atom is 0.149 e. The van der Waals surface area contributed by atoms with Crippen LogP contribution in [0.2, 0.25) is 0 Å². The molecule has 1 aromatic rings. The SMILES string of the molecule is CC(N)C(=O)CCCOCc1ccccc1. The molecule has 1 atom stereocenters. The molecule has 1 rings (SSSR count). The Kier molecular flexibility index (Phi) is 5.75. The van der Waals surface area contributed by atoms with Crippen LogP contribution in [0.25, 0.3) is 0 Å². The van der Waals surface area contributed by atoms with Crippen LogP contribution < -0.4 is 5.73 Å². The Balaban J connectivity index is 2.07. The van der Waals surface area contributed by atoms with E-state index in [0.29, 0.717) is 19.6 Å². The molecule has 16 heavy (non-hydrogen) atoms. The number of nitrogens with two attached hydrogens (primary N) is 1. The molecule has 0 fully saturated rings. The van der Waals surface area contributed by atoms with Crippen LogP contribution in [0.1, 0.15) is 25.3 Å². The minimum atomic E-state index is -0.353. The molecule has 0 saturated carbocycles. The van der Waals surface area contributed by atoms with Gasteiger partial charge in [0.2, 0.25) is 0 Å². The van der Waals surface area contributed by atoms with E-state index in [1.165, 1.54) is 0 Å². The molecule has 3 nitrogen and oxygen atoms in total. The van der Waals surface area contributed by atoms with Crippen LogP contribution in [0.15, 0.2) is 30.3 Å². The second-order valence-electron chi connectivity index (χ2n) is 3.90. The van der Waals surface area contributed by atoms with Crippen LogP contribution in [0.5, 0.6) is 0 Å². The first kappa shape index (κ1) is 12.9. The summed E-state index contributed by atoms with van der Waals surface area (Å²) in [7, 11) is 0. The average Bonchev–Trinajstić information content (AvgIpc) is 2.29. The second-order valence-corrected chi connectivity index (χ2v) is 3.90. The molecule has 2 N–H and O–H groups in total. The van der Waals surface area contributed by atoms with Crippen LogP contribution in [0.4, 0.5) is 0 Å². The second kappa shape index (κ2) is 7.14. The summed E-state index contributed by atoms with van der Waals surface area (Å²) in [4.78, 5) is 11.2. The predicted octanol–water partition coefficient (Wildman–Crippen LogP) is 1.90. The molecule has 0 radical (unpaired) electrons. The Labute approximate surface area is 96.6 Å². The third-order valence-electron chi connectivity index (χ3n) is 2.33. The van der Waals surface area contributed by atoms with Gasteiger partial charge in [-0.2, -0.15) is 0 Å². The van der Waals surface area contributed by atoms with Crippen LogP contribution in [-0.2, 0) is 16.1 Å². The van der Waals surface area contributed by atoms with Gasteiger partial charge in [-0.1, -0.05) is 30.3 Å². The van der Waals surface area contributed by atoms with Crippen molar-refractivity contribution in [2.24, 2.45) is 5.73 Å². The summed E-state index contributed by atoms with van der Waals surface area (Å²) in [6.07, 6.45) is 1.25. The smallest absolute Gasteiger partial charge is 0.149 e. The number of hydrogen-bond donors (Lipinski definition) is 1. The van der Waals surface area contributed by atoms with Crippen molar-refractivity contribution in [3.8, 4) is 0 Å². The van der Waals surface area contributed by atoms with E-state index in [0.717, 1.165) is 12.0 Å². The number of ether oxygens (including phenoxy) is 1. The molecule has 0 heterocycles. The number of ketones is 1. The molecule has 0 saturated heterocycles. The molecule has 0 amide bonds. The van der Waals surface area contributed by atoms with Gasteiger partial charge >= 0.3 is 0 Å². The molecular weight excluding hydrogens is 202 g/mol. The zero-order valence-corrected chi connectivity index (χ0v) is 9.69. The molecular formula is C13H19NO2. The first-order chi connectivity index (χ1) is 7.70. The van der Waals surface area contributed by atoms with E-state index in [-0.39, 0.29) is 11.8 Å². The molecule has 0 aromatic heterocycles. The van der Waals surface area contributed by atoms with Gasteiger partial charge in [-0.15, -0.1) is 0 Å². The highest BCUT2D eigenvalue weighted by Gasteiger charge is 2.06. The van der Waals surface area contributed by atoms with E-state index in [1.807, 2.05) is 30.3 Å². The van der Waals surface area contributed by atoms with Crippen LogP contribution in [-0.4, -0.2) is 18.4 Å². The van der Waals surface area contributed by atoms with Gasteiger partial charge in [0.25, 0.3) is 0 Å². The van der Waals surface area contributed by atoms with Gasteiger partial charge in [-0.3, -0.25) is 4.79 Å². The molecule has 0 bridgehead atoms. The quantitative estimate of drug-likeness (QED) is 0.715. The molecule has 88 valence electrons. The van der Waals surface area contributed by atoms with Gasteiger partial charge < -0.3 is 10.5 Å². The first-order valence-corrected chi connectivity index (χ1v) is 5.60. The summed E-state index contributed by atoms with van der Waals surface area (Å²) in [5, 5.41) is 0. The predicted molar refractivity (Wildman–Crippen MR) is 64.0 cm³/mol. The molecule has 3 heteroatoms. The van der Waals surface area contributed by atoms with Crippen LogP contribution in [0, 0.1) is 0 Å². The molecule has 0 spiro atoms. The van der Waals surface area contributed by atoms with Crippen molar-refractivity contribution in [2.75, 3.05) is 6.61 Å². The Morgan fingerprint density at radius 3 is 2.69 bits per heavy atom. The summed E-state index contributed by atoms with van der Waals surface area (Å²) in [5.74, 6) is 0.100. The topological polar surface area (TPSA) is 52.3 Å². The summed E-state index contributed by atoms with van der Waals surface area (Å²) in [6, 6.07) is 9.64. The number of benzene rings is 1. The maximum atomic E-state index is 11.2. The van der Waals surface area contributed by atoms with Crippen molar-refractivity contribution in [3.63, 3.8) is 0 Å². The zero-order valence-electron chi connectivity index (χ0n) is 9.69. The fourth-order valence-electron chi connectivity index (χ4n) is 1.34. The van der Waals surface area contributed by atoms with Gasteiger partial charge in [0, 0.05) is 13.0 Å². The van der Waals surface area contributed by atoms with E-state index in [9.17, 15) is 4.79 Å². The lowest BCUT2D eigenvalue weighted by Gasteiger charge is -2.05. The van der Waals surface area contributed by atoms with Gasteiger partial charge in [0.05, 0.1) is 12.6 Å². The molecule has 1 unspecified atom stereocenters. The summed E-state index contributed by atoms with van der Waals surface area (Å²) in [6.45, 7) is 2.92. The molecule has 0 aliphatic rings. The van der Waals surface area contributed by atoms with E-state index in [4.69, 9.17) is 10.5 Å². The normalized spacial score (nSPS) is 12.4. The van der Waals surface area contributed by atoms with Gasteiger partial charge in [-0.05, 0) is 18.9 Å². The zero-order chi connectivity index (χ0) is 11.8. The lowest BCUT2D eigenvalue weighted by Crippen LogP contribution is -2.26. The highest BCUT2D eigenvalue weighted by atomic mass is 16.5. The summed E-state index contributed by atoms with van der Waals surface area (Å²) >= 11 is 0. The maximum absolute atomic E-state index is 11.2. The minimum absolute atomic E-state index is 0.100. The lowest BCUT2D eigenvalue weighted by molar-refractivity contribution is -0.120. The van der Waals surface area contributed by atoms with Crippen molar-refractivity contribution in [1.82, 2.24) is 0 Å². The number of Topliss-reactive ketones (excluding diaryl/α,β-unsaturated/α-hetero) is 1. The standard InChI is InChI=1S/C13H19NO2/c1-11(14)13(15)8-5-9-16-10-12-6-3-2-4-7-12/h2-4,6-7,11H,5,8-10,14H2,1H3. The highest BCUT2D eigenvalue weighted by molar-refractivity contribution is 5.83. The third kappa shape index (κ3) is 5.05. The lowest BCUT2D eigenvalue weighted by atomic mass is 10.1. The summed E-state index contributed by atoms with van der Waals surface area (Å²) in [5.41, 5.74) is 6.61.